The second-order valence-electron chi connectivity index (χ2n) is 4.82. The Balaban J connectivity index is 2.16. The summed E-state index contributed by atoms with van der Waals surface area (Å²) in [6.45, 7) is 1.21. The molecule has 0 spiro atoms. The summed E-state index contributed by atoms with van der Waals surface area (Å²) in [6, 6.07) is 0.453. The normalized spacial score (nSPS) is 41.6. The molecular weight excluding hydrogens is 206 g/mol. The van der Waals surface area contributed by atoms with Gasteiger partial charge in [0, 0.05) is 20.3 Å². The van der Waals surface area contributed by atoms with E-state index in [4.69, 9.17) is 14.2 Å². The lowest BCUT2D eigenvalue weighted by Gasteiger charge is -2.43. The Kier molecular flexibility index (Phi) is 3.35. The van der Waals surface area contributed by atoms with Crippen LogP contribution in [0.25, 0.3) is 0 Å². The fourth-order valence-electron chi connectivity index (χ4n) is 2.87. The highest BCUT2D eigenvalue weighted by molar-refractivity contribution is 5.23. The molecule has 1 N–H and O–H groups in total. The molecule has 92 valence electrons. The first-order valence-electron chi connectivity index (χ1n) is 5.73. The molecule has 2 bridgehead atoms. The van der Waals surface area contributed by atoms with E-state index in [-0.39, 0.29) is 11.2 Å². The Morgan fingerprint density at radius 3 is 2.06 bits per heavy atom. The topological polar surface area (TPSA) is 39.7 Å². The number of fused-ring (bicyclic) bond motifs is 2. The smallest absolute Gasteiger partial charge is 0.112 e. The van der Waals surface area contributed by atoms with Gasteiger partial charge in [0.05, 0.1) is 13.2 Å². The van der Waals surface area contributed by atoms with Crippen LogP contribution >= 0.6 is 0 Å². The molecular formula is C12H21NO3. The third-order valence-corrected chi connectivity index (χ3v) is 3.47. The number of nitrogens with one attached hydrogen (secondary N) is 1. The highest BCUT2D eigenvalue weighted by Crippen LogP contribution is 2.43. The van der Waals surface area contributed by atoms with E-state index in [9.17, 15) is 0 Å². The first-order valence-corrected chi connectivity index (χ1v) is 5.73. The second-order valence-corrected chi connectivity index (χ2v) is 4.82. The van der Waals surface area contributed by atoms with Gasteiger partial charge in [0.25, 0.3) is 0 Å². The fraction of sp³-hybridized carbons (Fsp3) is 0.833. The standard InChI is InChI=1S/C12H21NO3/c1-13-10-6-11(8-14-2)4-5-12(7-10,16-11)9-15-3/h4-5,10,13H,6-9H2,1-3H3/t10?,11-,12?/m1/s1. The maximum Gasteiger partial charge on any atom is 0.112 e. The highest BCUT2D eigenvalue weighted by Gasteiger charge is 2.51. The zero-order valence-corrected chi connectivity index (χ0v) is 10.3. The van der Waals surface area contributed by atoms with Crippen LogP contribution in [0.15, 0.2) is 12.2 Å². The third-order valence-electron chi connectivity index (χ3n) is 3.47. The van der Waals surface area contributed by atoms with Gasteiger partial charge in [-0.2, -0.15) is 0 Å². The van der Waals surface area contributed by atoms with Crippen LogP contribution in [-0.4, -0.2) is 51.7 Å². The van der Waals surface area contributed by atoms with E-state index in [1.807, 2.05) is 7.05 Å². The largest absolute Gasteiger partial charge is 0.381 e. The van der Waals surface area contributed by atoms with E-state index in [2.05, 4.69) is 17.5 Å². The summed E-state index contributed by atoms with van der Waals surface area (Å²) in [6.07, 6.45) is 6.21. The van der Waals surface area contributed by atoms with Crippen molar-refractivity contribution in [2.24, 2.45) is 0 Å². The predicted molar refractivity (Wildman–Crippen MR) is 61.5 cm³/mol. The van der Waals surface area contributed by atoms with Gasteiger partial charge in [0.15, 0.2) is 0 Å². The Labute approximate surface area is 96.9 Å². The minimum absolute atomic E-state index is 0.265. The van der Waals surface area contributed by atoms with Crippen molar-refractivity contribution in [1.29, 1.82) is 0 Å². The van der Waals surface area contributed by atoms with Crippen LogP contribution in [0, 0.1) is 0 Å². The van der Waals surface area contributed by atoms with Gasteiger partial charge in [-0.25, -0.2) is 0 Å². The van der Waals surface area contributed by atoms with E-state index in [1.54, 1.807) is 14.2 Å². The molecule has 2 aliphatic rings. The molecule has 1 saturated heterocycles. The molecule has 2 aliphatic heterocycles. The van der Waals surface area contributed by atoms with E-state index >= 15 is 0 Å². The Morgan fingerprint density at radius 1 is 1.19 bits per heavy atom. The number of methoxy groups -OCH3 is 2. The number of hydrogen-bond donors (Lipinski definition) is 1. The van der Waals surface area contributed by atoms with E-state index in [1.165, 1.54) is 0 Å². The van der Waals surface area contributed by atoms with Crippen molar-refractivity contribution in [3.8, 4) is 0 Å². The fourth-order valence-corrected chi connectivity index (χ4v) is 2.87. The van der Waals surface area contributed by atoms with Gasteiger partial charge in [-0.05, 0) is 19.9 Å². The Morgan fingerprint density at radius 2 is 1.69 bits per heavy atom. The van der Waals surface area contributed by atoms with E-state index in [0.717, 1.165) is 12.8 Å². The van der Waals surface area contributed by atoms with Crippen LogP contribution < -0.4 is 5.32 Å². The molecule has 0 aromatic rings. The zero-order valence-electron chi connectivity index (χ0n) is 10.3. The molecule has 0 radical (unpaired) electrons. The molecule has 2 heterocycles. The van der Waals surface area contributed by atoms with Crippen LogP contribution in [0.5, 0.6) is 0 Å². The first kappa shape index (κ1) is 12.0. The summed E-state index contributed by atoms with van der Waals surface area (Å²) in [5, 5.41) is 3.34. The minimum atomic E-state index is -0.265. The predicted octanol–water partition coefficient (Wildman–Crippen LogP) is 0.725. The van der Waals surface area contributed by atoms with Crippen molar-refractivity contribution in [2.75, 3.05) is 34.5 Å². The maximum absolute atomic E-state index is 6.18. The summed E-state index contributed by atoms with van der Waals surface area (Å²) in [5.41, 5.74) is -0.529. The minimum Gasteiger partial charge on any atom is -0.381 e. The molecule has 0 aromatic carbocycles. The van der Waals surface area contributed by atoms with Gasteiger partial charge in [-0.15, -0.1) is 0 Å². The van der Waals surface area contributed by atoms with Gasteiger partial charge >= 0.3 is 0 Å². The summed E-state index contributed by atoms with van der Waals surface area (Å²) in [7, 11) is 5.42. The van der Waals surface area contributed by atoms with Crippen molar-refractivity contribution in [1.82, 2.24) is 5.32 Å². The molecule has 4 nitrogen and oxygen atoms in total. The summed E-state index contributed by atoms with van der Waals surface area (Å²) in [5.74, 6) is 0. The first-order chi connectivity index (χ1) is 7.67. The molecule has 0 amide bonds. The molecule has 2 unspecified atom stereocenters. The van der Waals surface area contributed by atoms with E-state index in [0.29, 0.717) is 19.3 Å². The third kappa shape index (κ3) is 2.02. The lowest BCUT2D eigenvalue weighted by molar-refractivity contribution is -0.172. The average Bonchev–Trinajstić information content (AvgIpc) is 2.52. The molecule has 3 atom stereocenters. The number of ether oxygens (including phenoxy) is 3. The Bertz CT molecular complexity index is 257. The second kappa shape index (κ2) is 4.45. The quantitative estimate of drug-likeness (QED) is 0.703. The van der Waals surface area contributed by atoms with Crippen molar-refractivity contribution in [3.05, 3.63) is 12.2 Å². The van der Waals surface area contributed by atoms with Crippen molar-refractivity contribution < 1.29 is 14.2 Å². The SMILES string of the molecule is CNC1CC2(COC)C=C[C@](COC)(C1)O2. The molecule has 0 saturated carbocycles. The monoisotopic (exact) mass is 227 g/mol. The van der Waals surface area contributed by atoms with Crippen LogP contribution in [0.3, 0.4) is 0 Å². The Hall–Kier alpha value is -0.420. The van der Waals surface area contributed by atoms with Gasteiger partial charge in [0.2, 0.25) is 0 Å². The van der Waals surface area contributed by atoms with Crippen molar-refractivity contribution in [2.45, 2.75) is 30.1 Å². The summed E-state index contributed by atoms with van der Waals surface area (Å²) >= 11 is 0. The molecule has 1 fully saturated rings. The molecule has 4 heteroatoms. The van der Waals surface area contributed by atoms with E-state index < -0.39 is 0 Å². The summed E-state index contributed by atoms with van der Waals surface area (Å²) in [4.78, 5) is 0. The highest BCUT2D eigenvalue weighted by atomic mass is 16.6. The molecule has 16 heavy (non-hydrogen) atoms. The van der Waals surface area contributed by atoms with Crippen LogP contribution in [-0.2, 0) is 14.2 Å². The van der Waals surface area contributed by atoms with Crippen molar-refractivity contribution >= 4 is 0 Å². The molecule has 0 aromatic heterocycles. The summed E-state index contributed by atoms with van der Waals surface area (Å²) < 4.78 is 16.7. The molecule has 0 aliphatic carbocycles. The molecule has 2 rings (SSSR count). The van der Waals surface area contributed by atoms with Gasteiger partial charge in [0.1, 0.15) is 11.2 Å². The van der Waals surface area contributed by atoms with Gasteiger partial charge in [-0.3, -0.25) is 0 Å². The van der Waals surface area contributed by atoms with Crippen LogP contribution in [0.1, 0.15) is 12.8 Å². The zero-order chi connectivity index (χ0) is 11.6. The van der Waals surface area contributed by atoms with Crippen molar-refractivity contribution in [3.63, 3.8) is 0 Å². The van der Waals surface area contributed by atoms with Gasteiger partial charge < -0.3 is 19.5 Å². The average molecular weight is 227 g/mol. The van der Waals surface area contributed by atoms with Crippen LogP contribution in [0.4, 0.5) is 0 Å². The maximum atomic E-state index is 6.18. The number of rotatable bonds is 5. The van der Waals surface area contributed by atoms with Crippen LogP contribution in [0.2, 0.25) is 0 Å². The lowest BCUT2D eigenvalue weighted by Crippen LogP contribution is -2.54. The lowest BCUT2D eigenvalue weighted by atomic mass is 9.88. The number of hydrogen-bond acceptors (Lipinski definition) is 4. The van der Waals surface area contributed by atoms with Gasteiger partial charge in [-0.1, -0.05) is 12.2 Å².